The Bertz CT molecular complexity index is 2360. The molecule has 292 valence electrons. The molecule has 6 heterocycles. The second kappa shape index (κ2) is 16.1. The molecule has 3 N–H and O–H groups in total. The molecule has 4 aromatic heterocycles. The molecule has 2 fully saturated rings. The summed E-state index contributed by atoms with van der Waals surface area (Å²) in [4.78, 5) is 27.4. The molecule has 2 aliphatic heterocycles. The average molecular weight is 809 g/mol. The topological polar surface area (TPSA) is 189 Å². The fourth-order valence-electron chi connectivity index (χ4n) is 8.24. The Balaban J connectivity index is 0.859. The molecule has 0 radical (unpaired) electrons. The highest BCUT2D eigenvalue weighted by molar-refractivity contribution is 6.37. The Hall–Kier alpha value is -5.55. The fourth-order valence-corrected chi connectivity index (χ4v) is 8.77. The Morgan fingerprint density at radius 3 is 2.28 bits per heavy atom. The van der Waals surface area contributed by atoms with Crippen molar-refractivity contribution in [1.29, 1.82) is 0 Å². The normalized spacial score (nSPS) is 19.5. The number of H-pyrrole nitrogens is 2. The van der Waals surface area contributed by atoms with E-state index in [4.69, 9.17) is 37.7 Å². The van der Waals surface area contributed by atoms with Crippen LogP contribution in [-0.4, -0.2) is 100 Å². The van der Waals surface area contributed by atoms with Crippen molar-refractivity contribution in [1.82, 2.24) is 61.0 Å². The second-order valence-corrected chi connectivity index (χ2v) is 15.4. The molecule has 2 saturated heterocycles. The number of methoxy groups -OCH3 is 1. The number of anilines is 1. The monoisotopic (exact) mass is 807 g/mol. The van der Waals surface area contributed by atoms with Gasteiger partial charge in [0.25, 0.3) is 5.91 Å². The summed E-state index contributed by atoms with van der Waals surface area (Å²) >= 11 is 13.8. The summed E-state index contributed by atoms with van der Waals surface area (Å²) < 4.78 is 12.2. The van der Waals surface area contributed by atoms with Crippen LogP contribution in [0.1, 0.15) is 81.5 Å². The zero-order valence-corrected chi connectivity index (χ0v) is 32.5. The molecule has 0 unspecified atom stereocenters. The smallest absolute Gasteiger partial charge is 0.258 e. The number of hydrogen-bond acceptors (Lipinski definition) is 13. The number of pyridine rings is 2. The van der Waals surface area contributed by atoms with Gasteiger partial charge in [0.15, 0.2) is 11.6 Å². The Morgan fingerprint density at radius 2 is 1.60 bits per heavy atom. The van der Waals surface area contributed by atoms with E-state index in [9.17, 15) is 4.79 Å². The Kier molecular flexibility index (Phi) is 10.5. The first-order valence-electron chi connectivity index (χ1n) is 18.9. The molecule has 3 atom stereocenters. The van der Waals surface area contributed by atoms with Gasteiger partial charge in [-0.25, -0.2) is 4.98 Å². The first-order valence-corrected chi connectivity index (χ1v) is 19.6. The van der Waals surface area contributed by atoms with Crippen LogP contribution in [0.5, 0.6) is 11.8 Å². The van der Waals surface area contributed by atoms with Gasteiger partial charge < -0.3 is 14.8 Å². The average Bonchev–Trinajstić information content (AvgIpc) is 4.08. The van der Waals surface area contributed by atoms with Gasteiger partial charge in [-0.1, -0.05) is 70.0 Å². The van der Waals surface area contributed by atoms with Crippen LogP contribution >= 0.6 is 23.2 Å². The molecule has 57 heavy (non-hydrogen) atoms. The number of fused-ring (bicyclic) bond motifs is 1. The molecule has 0 saturated carbocycles. The number of hydrogen-bond donors (Lipinski definition) is 3. The number of likely N-dealkylation sites (tertiary alicyclic amines) is 2. The molecule has 0 spiro atoms. The third kappa shape index (κ3) is 7.77. The van der Waals surface area contributed by atoms with E-state index in [2.05, 4.69) is 67.4 Å². The lowest BCUT2D eigenvalue weighted by Gasteiger charge is -2.20. The van der Waals surface area contributed by atoms with Crippen molar-refractivity contribution < 1.29 is 14.3 Å². The first-order chi connectivity index (χ1) is 27.9. The van der Waals surface area contributed by atoms with Crippen molar-refractivity contribution in [2.24, 2.45) is 0 Å². The van der Waals surface area contributed by atoms with Crippen LogP contribution in [0.2, 0.25) is 10.0 Å². The minimum Gasteiger partial charge on any atom is -0.481 e. The molecular weight excluding hydrogens is 769 g/mol. The maximum Gasteiger partial charge on any atom is 0.258 e. The Labute approximate surface area is 337 Å². The number of amides is 1. The van der Waals surface area contributed by atoms with E-state index in [1.54, 1.807) is 19.4 Å². The number of nitrogens with zero attached hydrogens (tertiary/aromatic N) is 10. The molecule has 16 nitrogen and oxygen atoms in total. The van der Waals surface area contributed by atoms with Crippen LogP contribution in [0, 0.1) is 0 Å². The van der Waals surface area contributed by atoms with Gasteiger partial charge in [0.05, 0.1) is 17.7 Å². The van der Waals surface area contributed by atoms with Crippen LogP contribution in [0.4, 0.5) is 5.82 Å². The van der Waals surface area contributed by atoms with Crippen LogP contribution in [0.25, 0.3) is 11.1 Å². The van der Waals surface area contributed by atoms with E-state index >= 15 is 0 Å². The minimum absolute atomic E-state index is 0.216. The van der Waals surface area contributed by atoms with Gasteiger partial charge in [0.2, 0.25) is 11.8 Å². The van der Waals surface area contributed by atoms with Gasteiger partial charge in [-0.05, 0) is 79.2 Å². The molecule has 18 heteroatoms. The lowest BCUT2D eigenvalue weighted by atomic mass is 9.95. The van der Waals surface area contributed by atoms with Crippen LogP contribution in [-0.2, 0) is 19.5 Å². The van der Waals surface area contributed by atoms with E-state index in [-0.39, 0.29) is 23.8 Å². The summed E-state index contributed by atoms with van der Waals surface area (Å²) in [6.45, 7) is 4.83. The number of aromatic nitrogens is 10. The number of carbonyl (C=O) groups excluding carboxylic acids is 1. The second-order valence-electron chi connectivity index (χ2n) is 14.6. The molecule has 6 aromatic rings. The quantitative estimate of drug-likeness (QED) is 0.135. The summed E-state index contributed by atoms with van der Waals surface area (Å²) in [5.41, 5.74) is 6.11. The van der Waals surface area contributed by atoms with Gasteiger partial charge in [0, 0.05) is 55.3 Å². The maximum absolute atomic E-state index is 13.6. The summed E-state index contributed by atoms with van der Waals surface area (Å²) in [6, 6.07) is 17.2. The molecule has 0 bridgehead atoms. The van der Waals surface area contributed by atoms with Gasteiger partial charge in [-0.3, -0.25) is 14.6 Å². The van der Waals surface area contributed by atoms with E-state index in [1.807, 2.05) is 42.5 Å². The highest BCUT2D eigenvalue weighted by Crippen LogP contribution is 2.44. The summed E-state index contributed by atoms with van der Waals surface area (Å²) in [5, 5.41) is 32.7. The van der Waals surface area contributed by atoms with Crippen LogP contribution in [0.15, 0.2) is 60.8 Å². The predicted octanol–water partition coefficient (Wildman–Crippen LogP) is 5.78. The number of aromatic amines is 2. The number of benzene rings is 2. The largest absolute Gasteiger partial charge is 0.481 e. The minimum atomic E-state index is -0.340. The first kappa shape index (κ1) is 37.1. The summed E-state index contributed by atoms with van der Waals surface area (Å²) in [7, 11) is 1.60. The molecule has 3 aliphatic rings. The number of tetrazole rings is 2. The Morgan fingerprint density at radius 1 is 0.877 bits per heavy atom. The van der Waals surface area contributed by atoms with Crippen LogP contribution in [0.3, 0.4) is 0 Å². The number of nitrogens with one attached hydrogen (secondary N) is 3. The standard InChI is InChI=1S/C39H39Cl2N13O3/c1-56-38-25(21-54-15-13-24(20-54)36-47-51-52-48-36)16-31(40)39(44-38)57-32-10-9-27-26(4-2-5-28(27)32)29-6-3-7-30(34(29)41)37(55)43-33-11-8-22(17-42-33)18-53-14-12-23(19-53)35-45-49-50-46-35/h2-8,11,16-17,23-24,32H,9-10,12-15,18-21H2,1H3,(H,42,43,55)(H,45,46,49,50)(H,47,48,51,52)/t23-,24-,32+/m1/s1. The number of carbonyl (C=O) groups is 1. The van der Waals surface area contributed by atoms with Crippen molar-refractivity contribution in [2.75, 3.05) is 38.6 Å². The van der Waals surface area contributed by atoms with Gasteiger partial charge in [-0.15, -0.1) is 20.4 Å². The highest BCUT2D eigenvalue weighted by Gasteiger charge is 2.31. The van der Waals surface area contributed by atoms with Crippen molar-refractivity contribution in [3.8, 4) is 22.9 Å². The third-order valence-corrected chi connectivity index (χ3v) is 11.7. The molecule has 1 aliphatic carbocycles. The van der Waals surface area contributed by atoms with E-state index < -0.39 is 0 Å². The lowest BCUT2D eigenvalue weighted by molar-refractivity contribution is 0.102. The van der Waals surface area contributed by atoms with Crippen molar-refractivity contribution in [3.05, 3.63) is 110 Å². The molecule has 1 amide bonds. The highest BCUT2D eigenvalue weighted by atomic mass is 35.5. The molecule has 9 rings (SSSR count). The lowest BCUT2D eigenvalue weighted by Crippen LogP contribution is -2.21. The van der Waals surface area contributed by atoms with E-state index in [0.717, 1.165) is 103 Å². The predicted molar refractivity (Wildman–Crippen MR) is 210 cm³/mol. The fraction of sp³-hybridized carbons (Fsp3) is 0.359. The maximum atomic E-state index is 13.6. The summed E-state index contributed by atoms with van der Waals surface area (Å²) in [5.74, 6) is 2.84. The molecule has 2 aromatic carbocycles. The number of rotatable bonds is 12. The number of halogens is 2. The van der Waals surface area contributed by atoms with Gasteiger partial charge in [-0.2, -0.15) is 15.4 Å². The van der Waals surface area contributed by atoms with E-state index in [0.29, 0.717) is 39.7 Å². The van der Waals surface area contributed by atoms with Crippen molar-refractivity contribution >= 4 is 34.9 Å². The zero-order valence-electron chi connectivity index (χ0n) is 31.0. The zero-order chi connectivity index (χ0) is 38.9. The van der Waals surface area contributed by atoms with E-state index in [1.165, 1.54) is 0 Å². The van der Waals surface area contributed by atoms with Gasteiger partial charge >= 0.3 is 0 Å². The van der Waals surface area contributed by atoms with Crippen LogP contribution < -0.4 is 14.8 Å². The van der Waals surface area contributed by atoms with Crippen molar-refractivity contribution in [2.45, 2.75) is 56.7 Å². The van der Waals surface area contributed by atoms with Gasteiger partial charge in [0.1, 0.15) is 16.9 Å². The summed E-state index contributed by atoms with van der Waals surface area (Å²) in [6.07, 6.45) is 4.88. The SMILES string of the molecule is COc1nc(O[C@H]2CCc3c(-c4cccc(C(=O)Nc5ccc(CN6CC[C@@H](c7nn[nH]n7)C6)cn5)c4Cl)cccc32)c(Cl)cc1CN1CC[C@@H](c2nn[nH]n2)C1. The van der Waals surface area contributed by atoms with Crippen molar-refractivity contribution in [3.63, 3.8) is 0 Å². The number of ether oxygens (including phenoxy) is 2. The molecular formula is C39H39Cl2N13O3. The third-order valence-electron chi connectivity index (χ3n) is 11.0.